The number of hydrogen-bond donors (Lipinski definition) is 0. The van der Waals surface area contributed by atoms with E-state index in [1.54, 1.807) is 0 Å². The Labute approximate surface area is 89.3 Å². The summed E-state index contributed by atoms with van der Waals surface area (Å²) < 4.78 is 0. The van der Waals surface area contributed by atoms with Crippen LogP contribution in [-0.4, -0.2) is 13.9 Å². The van der Waals surface area contributed by atoms with Crippen LogP contribution in [0.15, 0.2) is 0 Å². The molecule has 0 heterocycles. The van der Waals surface area contributed by atoms with Gasteiger partial charge in [0.25, 0.3) is 0 Å². The molecule has 0 aromatic heterocycles. The van der Waals surface area contributed by atoms with E-state index < -0.39 is 0 Å². The van der Waals surface area contributed by atoms with Crippen molar-refractivity contribution in [2.75, 3.05) is 0 Å². The summed E-state index contributed by atoms with van der Waals surface area (Å²) in [7, 11) is 0. The Morgan fingerprint density at radius 2 is 0.750 bits per heavy atom. The van der Waals surface area contributed by atoms with Crippen molar-refractivity contribution in [3.8, 4) is 0 Å². The Kier molecular flexibility index (Phi) is 26100. The van der Waals surface area contributed by atoms with E-state index >= 15 is 0 Å². The van der Waals surface area contributed by atoms with Crippen molar-refractivity contribution in [2.45, 2.75) is 37.1 Å². The van der Waals surface area contributed by atoms with E-state index in [2.05, 4.69) is 0 Å². The Balaban J connectivity index is 0. The molecule has 0 amide bonds. The third-order valence-electron chi connectivity index (χ3n) is 0. The molecule has 0 aliphatic carbocycles. The van der Waals surface area contributed by atoms with Gasteiger partial charge in [0.1, 0.15) is 0 Å². The summed E-state index contributed by atoms with van der Waals surface area (Å²) >= 11 is 0. The minimum Gasteiger partial charge on any atom is -1.00 e. The van der Waals surface area contributed by atoms with Crippen LogP contribution in [0.2, 0.25) is 0 Å². The minimum atomic E-state index is 0. The van der Waals surface area contributed by atoms with Gasteiger partial charge in [0.05, 0.1) is 0 Å². The van der Waals surface area contributed by atoms with E-state index in [0.717, 1.165) is 0 Å². The van der Waals surface area contributed by atoms with E-state index in [9.17, 15) is 0 Å². The second kappa shape index (κ2) is 377. The van der Waals surface area contributed by atoms with Gasteiger partial charge in [-0.05, 0) is 0 Å². The number of hydrogen-bond acceptors (Lipinski definition) is 0. The molecule has 0 aliphatic rings. The van der Waals surface area contributed by atoms with Gasteiger partial charge in [-0.1, -0.05) is 37.1 Å². The van der Waals surface area contributed by atoms with Crippen LogP contribution < -0.4 is 29.6 Å². The molecule has 3 heteroatoms. The van der Waals surface area contributed by atoms with Gasteiger partial charge < -0.3 is 6.90 Å². The number of rotatable bonds is 0. The largest absolute Gasteiger partial charge is 1.00 e. The van der Waals surface area contributed by atoms with Crippen molar-refractivity contribution < 1.29 is 43.6 Å². The quantitative estimate of drug-likeness (QED) is 0.437. The van der Waals surface area contributed by atoms with Crippen LogP contribution in [0.25, 0.3) is 0 Å². The summed E-state index contributed by atoms with van der Waals surface area (Å²) in [5, 5.41) is 0. The van der Waals surface area contributed by atoms with E-state index in [-0.39, 0.29) is 89.1 Å². The maximum atomic E-state index is 0. The van der Waals surface area contributed by atoms with Crippen molar-refractivity contribution in [2.24, 2.45) is 0 Å². The van der Waals surface area contributed by atoms with Crippen LogP contribution >= 0.6 is 0 Å². The Morgan fingerprint density at radius 1 is 0.750 bits per heavy atom. The molecule has 0 saturated carbocycles. The third kappa shape index (κ3) is 243. The molecule has 0 bridgehead atoms. The fourth-order valence-electron chi connectivity index (χ4n) is 0. The zero-order valence-corrected chi connectivity index (χ0v) is 4.08. The molecule has 0 atom stereocenters. The molecule has 0 saturated heterocycles. The van der Waals surface area contributed by atoms with Gasteiger partial charge in [-0.25, -0.2) is 0 Å². The fourth-order valence-corrected chi connectivity index (χ4v) is 0. The van der Waals surface area contributed by atoms with Crippen LogP contribution in [0.3, 0.4) is 0 Å². The standard InChI is InChI=1S/5CH4.B.Na.H2O.5H2.H/h5*1H4;;;1H2;5*1H;/q;;;;;;+1;;;;;;;-1. The predicted octanol–water partition coefficient (Wildman–Crippen LogP) is 0.322. The van der Waals surface area contributed by atoms with Crippen LogP contribution in [0.1, 0.15) is 45.7 Å². The molecule has 0 rings (SSSR count). The molecule has 1 nitrogen and oxygen atoms in total. The van der Waals surface area contributed by atoms with E-state index in [1.807, 2.05) is 0 Å². The topological polar surface area (TPSA) is 31.5 Å². The summed E-state index contributed by atoms with van der Waals surface area (Å²) in [6.07, 6.45) is 0. The SMILES string of the molecule is C.C.C.C.C.O.[B].[H-].[HH].[HH].[HH].[HH].[HH].[Na+]. The minimum absolute atomic E-state index is 0. The van der Waals surface area contributed by atoms with Gasteiger partial charge >= 0.3 is 29.6 Å². The summed E-state index contributed by atoms with van der Waals surface area (Å²) in [5.41, 5.74) is 0. The molecule has 0 fully saturated rings. The van der Waals surface area contributed by atoms with Gasteiger partial charge in [-0.2, -0.15) is 0 Å². The summed E-state index contributed by atoms with van der Waals surface area (Å²) in [6.45, 7) is 0. The molecule has 0 aromatic rings. The van der Waals surface area contributed by atoms with E-state index in [0.29, 0.717) is 0 Å². The maximum Gasteiger partial charge on any atom is 1.00 e. The molecule has 3 radical (unpaired) electrons. The summed E-state index contributed by atoms with van der Waals surface area (Å²) in [6, 6.07) is 0. The Hall–Kier alpha value is 1.02. The molecule has 63 valence electrons. The Bertz CT molecular complexity index is 26.2. The molecule has 0 spiro atoms. The van der Waals surface area contributed by atoms with Gasteiger partial charge in [0, 0.05) is 15.5 Å². The third-order valence-corrected chi connectivity index (χ3v) is 0. The van der Waals surface area contributed by atoms with Crippen LogP contribution in [-0.2, 0) is 0 Å². The first kappa shape index (κ1) is 553. The second-order valence-electron chi connectivity index (χ2n) is 0. The molecule has 8 heavy (non-hydrogen) atoms. The van der Waals surface area contributed by atoms with Crippen LogP contribution in [0.4, 0.5) is 0 Å². The second-order valence-corrected chi connectivity index (χ2v) is 0. The molecule has 0 aromatic carbocycles. The monoisotopic (exact) mass is 143 g/mol. The molecule has 0 aliphatic heterocycles. The van der Waals surface area contributed by atoms with Crippen molar-refractivity contribution in [3.05, 3.63) is 0 Å². The first-order chi connectivity index (χ1) is 0. The summed E-state index contributed by atoms with van der Waals surface area (Å²) in [5.74, 6) is 0. The normalized spacial score (nSPS) is 0. The van der Waals surface area contributed by atoms with E-state index in [4.69, 9.17) is 0 Å². The van der Waals surface area contributed by atoms with Crippen LogP contribution in [0, 0.1) is 0 Å². The van der Waals surface area contributed by atoms with E-state index in [1.165, 1.54) is 0 Å². The molecular formula is C5H33BNaO. The first-order valence-electron chi connectivity index (χ1n) is 0. The zero-order chi connectivity index (χ0) is 0. The molecular weight excluding hydrogens is 110 g/mol. The average molecular weight is 143 g/mol. The van der Waals surface area contributed by atoms with Crippen molar-refractivity contribution in [1.29, 1.82) is 0 Å². The Morgan fingerprint density at radius 3 is 0.750 bits per heavy atom. The smallest absolute Gasteiger partial charge is 1.00 e. The molecule has 2 N–H and O–H groups in total. The summed E-state index contributed by atoms with van der Waals surface area (Å²) in [4.78, 5) is 0. The van der Waals surface area contributed by atoms with Gasteiger partial charge in [-0.3, -0.25) is 0 Å². The average Bonchev–Trinajstić information content (AvgIpc) is 0. The predicted molar refractivity (Wildman–Crippen MR) is 54.7 cm³/mol. The zero-order valence-electron chi connectivity index (χ0n) is 3.08. The maximum absolute atomic E-state index is 0. The van der Waals surface area contributed by atoms with Crippen molar-refractivity contribution in [3.63, 3.8) is 0 Å². The van der Waals surface area contributed by atoms with Crippen molar-refractivity contribution >= 4 is 8.41 Å². The fraction of sp³-hybridized carbons (Fsp3) is 1.00. The van der Waals surface area contributed by atoms with Gasteiger partial charge in [-0.15, -0.1) is 0 Å². The van der Waals surface area contributed by atoms with Crippen LogP contribution in [0.5, 0.6) is 0 Å². The first-order valence-corrected chi connectivity index (χ1v) is 0. The molecule has 0 unspecified atom stereocenters. The van der Waals surface area contributed by atoms with Gasteiger partial charge in [0.15, 0.2) is 0 Å². The van der Waals surface area contributed by atoms with Crippen molar-refractivity contribution in [1.82, 2.24) is 0 Å². The van der Waals surface area contributed by atoms with Gasteiger partial charge in [0.2, 0.25) is 0 Å².